The van der Waals surface area contributed by atoms with Crippen molar-refractivity contribution in [1.82, 2.24) is 15.8 Å². The van der Waals surface area contributed by atoms with Crippen LogP contribution < -0.4 is 16.4 Å². The van der Waals surface area contributed by atoms with Crippen molar-refractivity contribution in [2.45, 2.75) is 52.6 Å². The fourth-order valence-corrected chi connectivity index (χ4v) is 2.58. The lowest BCUT2D eigenvalue weighted by atomic mass is 9.99. The topological polar surface area (TPSA) is 119 Å². The summed E-state index contributed by atoms with van der Waals surface area (Å²) in [6.07, 6.45) is 2.07. The van der Waals surface area contributed by atoms with E-state index in [1.54, 1.807) is 12.1 Å². The highest BCUT2D eigenvalue weighted by atomic mass is 127. The van der Waals surface area contributed by atoms with Crippen molar-refractivity contribution in [3.05, 3.63) is 41.2 Å². The van der Waals surface area contributed by atoms with Crippen molar-refractivity contribution in [2.75, 3.05) is 6.54 Å². The van der Waals surface area contributed by atoms with Crippen molar-refractivity contribution in [3.8, 4) is 0 Å². The fourth-order valence-electron chi connectivity index (χ4n) is 2.58. The Morgan fingerprint density at radius 3 is 2.56 bits per heavy atom. The first-order valence-electron chi connectivity index (χ1n) is 8.93. The van der Waals surface area contributed by atoms with Crippen LogP contribution in [0.1, 0.15) is 67.3 Å². The summed E-state index contributed by atoms with van der Waals surface area (Å²) in [4.78, 5) is 15.6. The third-order valence-corrected chi connectivity index (χ3v) is 4.05. The molecule has 150 valence electrons. The highest BCUT2D eigenvalue weighted by molar-refractivity contribution is 14.0. The van der Waals surface area contributed by atoms with Gasteiger partial charge in [-0.05, 0) is 31.9 Å². The van der Waals surface area contributed by atoms with Crippen LogP contribution >= 0.6 is 24.0 Å². The first kappa shape index (κ1) is 23.0. The SMILES string of the molecule is CCNC(=NCc1cc(C(CC)CC)no1)NCc1ccc(C(N)=O)o1.I. The Morgan fingerprint density at radius 2 is 1.96 bits per heavy atom. The number of nitrogens with one attached hydrogen (secondary N) is 2. The molecule has 2 heterocycles. The Balaban J connectivity index is 0.00000364. The van der Waals surface area contributed by atoms with Gasteiger partial charge in [0, 0.05) is 18.5 Å². The van der Waals surface area contributed by atoms with Crippen LogP contribution in [0.25, 0.3) is 0 Å². The van der Waals surface area contributed by atoms with Crippen molar-refractivity contribution >= 4 is 35.8 Å². The number of hydrogen-bond donors (Lipinski definition) is 3. The third-order valence-electron chi connectivity index (χ3n) is 4.05. The number of hydrogen-bond acceptors (Lipinski definition) is 5. The number of nitrogens with two attached hydrogens (primary N) is 1. The molecule has 4 N–H and O–H groups in total. The van der Waals surface area contributed by atoms with Crippen LogP contribution in [0.5, 0.6) is 0 Å². The van der Waals surface area contributed by atoms with Crippen molar-refractivity contribution in [1.29, 1.82) is 0 Å². The quantitative estimate of drug-likeness (QED) is 0.283. The summed E-state index contributed by atoms with van der Waals surface area (Å²) in [6.45, 7) is 7.75. The molecular weight excluding hydrogens is 461 g/mol. The highest BCUT2D eigenvalue weighted by Gasteiger charge is 2.13. The lowest BCUT2D eigenvalue weighted by Crippen LogP contribution is -2.36. The lowest BCUT2D eigenvalue weighted by molar-refractivity contribution is 0.0972. The Bertz CT molecular complexity index is 737. The number of rotatable bonds is 9. The molecule has 0 saturated carbocycles. The molecule has 0 aliphatic rings. The van der Waals surface area contributed by atoms with Gasteiger partial charge in [-0.25, -0.2) is 4.99 Å². The largest absolute Gasteiger partial charge is 0.454 e. The smallest absolute Gasteiger partial charge is 0.284 e. The van der Waals surface area contributed by atoms with Gasteiger partial charge in [0.2, 0.25) is 0 Å². The number of aromatic nitrogens is 1. The van der Waals surface area contributed by atoms with E-state index in [-0.39, 0.29) is 29.7 Å². The average molecular weight is 489 g/mol. The van der Waals surface area contributed by atoms with Crippen LogP contribution in [0.15, 0.2) is 32.1 Å². The van der Waals surface area contributed by atoms with E-state index in [1.807, 2.05) is 13.0 Å². The normalized spacial score (nSPS) is 11.3. The van der Waals surface area contributed by atoms with Gasteiger partial charge in [-0.15, -0.1) is 24.0 Å². The Morgan fingerprint density at radius 1 is 1.22 bits per heavy atom. The minimum atomic E-state index is -0.588. The van der Waals surface area contributed by atoms with Crippen molar-refractivity contribution in [2.24, 2.45) is 10.7 Å². The van der Waals surface area contributed by atoms with Crippen LogP contribution in [0.4, 0.5) is 0 Å². The Hall–Kier alpha value is -2.04. The predicted octanol–water partition coefficient (Wildman–Crippen LogP) is 3.14. The minimum Gasteiger partial charge on any atom is -0.454 e. The van der Waals surface area contributed by atoms with Gasteiger partial charge in [0.05, 0.1) is 12.2 Å². The molecule has 2 aromatic heterocycles. The van der Waals surface area contributed by atoms with Crippen LogP contribution in [-0.2, 0) is 13.1 Å². The second kappa shape index (κ2) is 11.6. The second-order valence-corrected chi connectivity index (χ2v) is 5.91. The fraction of sp³-hybridized carbons (Fsp3) is 0.500. The first-order valence-corrected chi connectivity index (χ1v) is 8.93. The van der Waals surface area contributed by atoms with Gasteiger partial charge < -0.3 is 25.3 Å². The summed E-state index contributed by atoms with van der Waals surface area (Å²) in [7, 11) is 0. The lowest BCUT2D eigenvalue weighted by Gasteiger charge is -2.09. The molecule has 0 saturated heterocycles. The van der Waals surface area contributed by atoms with Gasteiger partial charge in [-0.2, -0.15) is 0 Å². The molecule has 0 fully saturated rings. The standard InChI is InChI=1S/C18H27N5O3.HI/c1-4-12(5-2)15-9-14(26-23-15)11-22-18(20-6-3)21-10-13-7-8-16(25-13)17(19)24;/h7-9,12H,4-6,10-11H2,1-3H3,(H2,19,24)(H2,20,21,22);1H. The number of aliphatic imine (C=N–C) groups is 1. The maximum atomic E-state index is 11.1. The molecule has 0 spiro atoms. The van der Waals surface area contributed by atoms with E-state index < -0.39 is 5.91 Å². The van der Waals surface area contributed by atoms with Crippen molar-refractivity contribution < 1.29 is 13.7 Å². The van der Waals surface area contributed by atoms with Gasteiger partial charge in [0.15, 0.2) is 17.5 Å². The van der Waals surface area contributed by atoms with E-state index in [1.165, 1.54) is 0 Å². The number of nitrogens with zero attached hydrogens (tertiary/aromatic N) is 2. The molecule has 0 unspecified atom stereocenters. The van der Waals surface area contributed by atoms with Gasteiger partial charge >= 0.3 is 0 Å². The monoisotopic (exact) mass is 489 g/mol. The third kappa shape index (κ3) is 6.89. The molecule has 0 atom stereocenters. The van der Waals surface area contributed by atoms with E-state index in [9.17, 15) is 4.79 Å². The van der Waals surface area contributed by atoms with E-state index >= 15 is 0 Å². The molecule has 2 rings (SSSR count). The summed E-state index contributed by atoms with van der Waals surface area (Å²) in [5, 5.41) is 10.4. The van der Waals surface area contributed by atoms with Gasteiger partial charge in [-0.3, -0.25) is 4.79 Å². The zero-order valence-corrected chi connectivity index (χ0v) is 18.3. The molecule has 2 aromatic rings. The van der Waals surface area contributed by atoms with Gasteiger partial charge in [0.1, 0.15) is 12.3 Å². The molecule has 0 aromatic carbocycles. The second-order valence-electron chi connectivity index (χ2n) is 5.91. The number of amides is 1. The van der Waals surface area contributed by atoms with E-state index in [0.717, 1.165) is 24.3 Å². The molecule has 0 radical (unpaired) electrons. The Kier molecular flexibility index (Phi) is 9.90. The number of furan rings is 1. The number of primary amides is 1. The number of carbonyl (C=O) groups excluding carboxylic acids is 1. The minimum absolute atomic E-state index is 0. The highest BCUT2D eigenvalue weighted by Crippen LogP contribution is 2.22. The summed E-state index contributed by atoms with van der Waals surface area (Å²) in [5.41, 5.74) is 6.16. The molecule has 1 amide bonds. The van der Waals surface area contributed by atoms with Gasteiger partial charge in [0.25, 0.3) is 5.91 Å². The van der Waals surface area contributed by atoms with E-state index in [0.29, 0.717) is 37.3 Å². The first-order chi connectivity index (χ1) is 12.6. The Labute approximate surface area is 176 Å². The zero-order valence-electron chi connectivity index (χ0n) is 15.9. The summed E-state index contributed by atoms with van der Waals surface area (Å²) in [5.74, 6) is 1.90. The predicted molar refractivity (Wildman–Crippen MR) is 114 cm³/mol. The summed E-state index contributed by atoms with van der Waals surface area (Å²) >= 11 is 0. The average Bonchev–Trinajstić information content (AvgIpc) is 3.28. The molecular formula is C18H28IN5O3. The van der Waals surface area contributed by atoms with Crippen LogP contribution in [0.3, 0.4) is 0 Å². The molecule has 27 heavy (non-hydrogen) atoms. The van der Waals surface area contributed by atoms with E-state index in [2.05, 4.69) is 34.6 Å². The summed E-state index contributed by atoms with van der Waals surface area (Å²) in [6, 6.07) is 5.22. The van der Waals surface area contributed by atoms with Crippen molar-refractivity contribution in [3.63, 3.8) is 0 Å². The molecule has 9 heteroatoms. The summed E-state index contributed by atoms with van der Waals surface area (Å²) < 4.78 is 10.7. The number of guanidine groups is 1. The van der Waals surface area contributed by atoms with Crippen LogP contribution in [0, 0.1) is 0 Å². The maximum absolute atomic E-state index is 11.1. The maximum Gasteiger partial charge on any atom is 0.284 e. The van der Waals surface area contributed by atoms with E-state index in [4.69, 9.17) is 14.7 Å². The van der Waals surface area contributed by atoms with Crippen LogP contribution in [-0.4, -0.2) is 23.6 Å². The zero-order chi connectivity index (χ0) is 18.9. The molecule has 0 aliphatic carbocycles. The molecule has 8 nitrogen and oxygen atoms in total. The number of halogens is 1. The molecule has 0 bridgehead atoms. The number of carbonyl (C=O) groups is 1. The van der Waals surface area contributed by atoms with Crippen LogP contribution in [0.2, 0.25) is 0 Å². The molecule has 0 aliphatic heterocycles. The van der Waals surface area contributed by atoms with Gasteiger partial charge in [-0.1, -0.05) is 19.0 Å².